The van der Waals surface area contributed by atoms with E-state index < -0.39 is 0 Å². The number of nitrogens with zero attached hydrogens (tertiary/aromatic N) is 2. The van der Waals surface area contributed by atoms with Gasteiger partial charge in [0, 0.05) is 43.1 Å². The van der Waals surface area contributed by atoms with E-state index in [0.29, 0.717) is 6.04 Å². The lowest BCUT2D eigenvalue weighted by atomic mass is 9.81. The maximum absolute atomic E-state index is 5.77. The van der Waals surface area contributed by atoms with Crippen molar-refractivity contribution in [2.24, 2.45) is 5.41 Å². The van der Waals surface area contributed by atoms with Gasteiger partial charge in [0.15, 0.2) is 0 Å². The van der Waals surface area contributed by atoms with Crippen molar-refractivity contribution >= 4 is 11.3 Å². The van der Waals surface area contributed by atoms with Crippen molar-refractivity contribution in [3.8, 4) is 0 Å². The SMILES string of the molecule is CC(C)NCC1(CN(C)Cc2cscn2)CCCOC1. The van der Waals surface area contributed by atoms with Crippen LogP contribution in [0.2, 0.25) is 0 Å². The van der Waals surface area contributed by atoms with E-state index >= 15 is 0 Å². The number of hydrogen-bond donors (Lipinski definition) is 1. The molecular formula is C15H27N3OS. The van der Waals surface area contributed by atoms with Crippen molar-refractivity contribution in [1.82, 2.24) is 15.2 Å². The summed E-state index contributed by atoms with van der Waals surface area (Å²) in [5, 5.41) is 5.73. The lowest BCUT2D eigenvalue weighted by Gasteiger charge is -2.40. The fraction of sp³-hybridized carbons (Fsp3) is 0.800. The van der Waals surface area contributed by atoms with Gasteiger partial charge in [-0.25, -0.2) is 4.98 Å². The molecule has 0 saturated carbocycles. The van der Waals surface area contributed by atoms with Crippen molar-refractivity contribution in [1.29, 1.82) is 0 Å². The summed E-state index contributed by atoms with van der Waals surface area (Å²) < 4.78 is 5.77. The second-order valence-electron chi connectivity index (χ2n) is 6.34. The van der Waals surface area contributed by atoms with Crippen molar-refractivity contribution in [2.45, 2.75) is 39.3 Å². The molecule has 114 valence electrons. The zero-order valence-corrected chi connectivity index (χ0v) is 13.7. The number of ether oxygens (including phenoxy) is 1. The Morgan fingerprint density at radius 2 is 2.40 bits per heavy atom. The molecule has 0 aliphatic carbocycles. The summed E-state index contributed by atoms with van der Waals surface area (Å²) in [6.07, 6.45) is 2.42. The minimum atomic E-state index is 0.243. The summed E-state index contributed by atoms with van der Waals surface area (Å²) in [5.41, 5.74) is 3.32. The van der Waals surface area contributed by atoms with Crippen molar-refractivity contribution in [2.75, 3.05) is 33.4 Å². The standard InChI is InChI=1S/C15H27N3OS/c1-13(2)16-9-15(5-4-6-19-11-15)10-18(3)7-14-8-20-12-17-14/h8,12-13,16H,4-7,9-11H2,1-3H3. The summed E-state index contributed by atoms with van der Waals surface area (Å²) in [6.45, 7) is 9.21. The fourth-order valence-electron chi connectivity index (χ4n) is 2.87. The highest BCUT2D eigenvalue weighted by atomic mass is 32.1. The molecule has 4 nitrogen and oxygen atoms in total. The average Bonchev–Trinajstić information content (AvgIpc) is 2.90. The van der Waals surface area contributed by atoms with Crippen LogP contribution in [0.25, 0.3) is 0 Å². The van der Waals surface area contributed by atoms with Gasteiger partial charge < -0.3 is 10.1 Å². The van der Waals surface area contributed by atoms with Crippen LogP contribution in [0.1, 0.15) is 32.4 Å². The Hall–Kier alpha value is -0.490. The molecule has 0 amide bonds. The molecule has 0 spiro atoms. The number of aromatic nitrogens is 1. The molecule has 2 heterocycles. The van der Waals surface area contributed by atoms with Gasteiger partial charge in [-0.2, -0.15) is 0 Å². The van der Waals surface area contributed by atoms with Gasteiger partial charge in [0.05, 0.1) is 17.8 Å². The largest absolute Gasteiger partial charge is 0.381 e. The highest BCUT2D eigenvalue weighted by molar-refractivity contribution is 7.07. The van der Waals surface area contributed by atoms with Gasteiger partial charge in [-0.15, -0.1) is 11.3 Å². The smallest absolute Gasteiger partial charge is 0.0795 e. The Bertz CT molecular complexity index is 374. The van der Waals surface area contributed by atoms with E-state index in [1.807, 2.05) is 5.51 Å². The molecule has 0 radical (unpaired) electrons. The van der Waals surface area contributed by atoms with Crippen LogP contribution in [0, 0.1) is 5.41 Å². The van der Waals surface area contributed by atoms with Crippen LogP contribution in [-0.4, -0.2) is 49.3 Å². The normalized spacial score (nSPS) is 23.6. The second-order valence-corrected chi connectivity index (χ2v) is 7.06. The quantitative estimate of drug-likeness (QED) is 0.838. The van der Waals surface area contributed by atoms with Crippen LogP contribution in [0.15, 0.2) is 10.9 Å². The van der Waals surface area contributed by atoms with Crippen LogP contribution in [-0.2, 0) is 11.3 Å². The Morgan fingerprint density at radius 3 is 3.00 bits per heavy atom. The minimum absolute atomic E-state index is 0.243. The number of rotatable bonds is 7. The zero-order chi connectivity index (χ0) is 14.4. The predicted molar refractivity (Wildman–Crippen MR) is 84.1 cm³/mol. The predicted octanol–water partition coefficient (Wildman–Crippen LogP) is 2.37. The number of hydrogen-bond acceptors (Lipinski definition) is 5. The first-order valence-corrected chi connectivity index (χ1v) is 8.41. The van der Waals surface area contributed by atoms with E-state index in [2.05, 4.69) is 41.5 Å². The van der Waals surface area contributed by atoms with Gasteiger partial charge in [-0.1, -0.05) is 13.8 Å². The molecule has 20 heavy (non-hydrogen) atoms. The molecule has 1 aliphatic rings. The van der Waals surface area contributed by atoms with Gasteiger partial charge in [-0.3, -0.25) is 4.90 Å². The summed E-state index contributed by atoms with van der Waals surface area (Å²) in [6, 6.07) is 0.526. The van der Waals surface area contributed by atoms with Crippen LogP contribution < -0.4 is 5.32 Å². The van der Waals surface area contributed by atoms with Gasteiger partial charge >= 0.3 is 0 Å². The first kappa shape index (κ1) is 15.9. The topological polar surface area (TPSA) is 37.4 Å². The van der Waals surface area contributed by atoms with E-state index in [9.17, 15) is 0 Å². The summed E-state index contributed by atoms with van der Waals surface area (Å²) in [5.74, 6) is 0. The molecule has 1 unspecified atom stereocenters. The van der Waals surface area contributed by atoms with Crippen LogP contribution in [0.5, 0.6) is 0 Å². The molecule has 1 N–H and O–H groups in total. The van der Waals surface area contributed by atoms with Gasteiger partial charge in [-0.05, 0) is 19.9 Å². The minimum Gasteiger partial charge on any atom is -0.381 e. The van der Waals surface area contributed by atoms with E-state index in [1.165, 1.54) is 18.5 Å². The molecule has 1 atom stereocenters. The molecule has 2 rings (SSSR count). The highest BCUT2D eigenvalue weighted by Crippen LogP contribution is 2.29. The van der Waals surface area contributed by atoms with Crippen LogP contribution >= 0.6 is 11.3 Å². The molecular weight excluding hydrogens is 270 g/mol. The first-order chi connectivity index (χ1) is 9.60. The van der Waals surface area contributed by atoms with Crippen molar-refractivity contribution in [3.63, 3.8) is 0 Å². The fourth-order valence-corrected chi connectivity index (χ4v) is 3.42. The average molecular weight is 297 g/mol. The summed E-state index contributed by atoms with van der Waals surface area (Å²) in [7, 11) is 2.19. The van der Waals surface area contributed by atoms with E-state index in [1.54, 1.807) is 11.3 Å². The third kappa shape index (κ3) is 4.81. The highest BCUT2D eigenvalue weighted by Gasteiger charge is 2.34. The Balaban J connectivity index is 1.92. The molecule has 1 aromatic rings. The molecule has 1 saturated heterocycles. The lowest BCUT2D eigenvalue weighted by molar-refractivity contribution is -0.0246. The second kappa shape index (κ2) is 7.50. The molecule has 1 fully saturated rings. The van der Waals surface area contributed by atoms with Gasteiger partial charge in [0.25, 0.3) is 0 Å². The van der Waals surface area contributed by atoms with E-state index in [-0.39, 0.29) is 5.41 Å². The monoisotopic (exact) mass is 297 g/mol. The summed E-state index contributed by atoms with van der Waals surface area (Å²) >= 11 is 1.67. The van der Waals surface area contributed by atoms with Crippen molar-refractivity contribution in [3.05, 3.63) is 16.6 Å². The lowest BCUT2D eigenvalue weighted by Crippen LogP contribution is -2.49. The third-order valence-electron chi connectivity index (χ3n) is 3.81. The molecule has 5 heteroatoms. The van der Waals surface area contributed by atoms with Crippen LogP contribution in [0.3, 0.4) is 0 Å². The molecule has 0 aromatic carbocycles. The van der Waals surface area contributed by atoms with Gasteiger partial charge in [0.1, 0.15) is 0 Å². The van der Waals surface area contributed by atoms with Crippen molar-refractivity contribution < 1.29 is 4.74 Å². The number of thiazole rings is 1. The zero-order valence-electron chi connectivity index (χ0n) is 12.9. The maximum Gasteiger partial charge on any atom is 0.0795 e. The Labute approximate surface area is 126 Å². The third-order valence-corrected chi connectivity index (χ3v) is 4.45. The Morgan fingerprint density at radius 1 is 1.55 bits per heavy atom. The molecule has 1 aliphatic heterocycles. The number of nitrogens with one attached hydrogen (secondary N) is 1. The summed E-state index contributed by atoms with van der Waals surface area (Å²) in [4.78, 5) is 6.76. The Kier molecular flexibility index (Phi) is 5.96. The van der Waals surface area contributed by atoms with Crippen LogP contribution in [0.4, 0.5) is 0 Å². The molecule has 0 bridgehead atoms. The van der Waals surface area contributed by atoms with Gasteiger partial charge in [0.2, 0.25) is 0 Å². The van der Waals surface area contributed by atoms with E-state index in [0.717, 1.165) is 32.8 Å². The molecule has 1 aromatic heterocycles. The van der Waals surface area contributed by atoms with E-state index in [4.69, 9.17) is 4.74 Å². The maximum atomic E-state index is 5.77. The first-order valence-electron chi connectivity index (χ1n) is 7.46.